The lowest BCUT2D eigenvalue weighted by atomic mass is 10.1. The topological polar surface area (TPSA) is 46.9 Å². The number of hydrogen-bond acceptors (Lipinski definition) is 3. The van der Waals surface area contributed by atoms with Gasteiger partial charge in [0.05, 0.1) is 6.54 Å². The Labute approximate surface area is 180 Å². The summed E-state index contributed by atoms with van der Waals surface area (Å²) in [7, 11) is 0. The highest BCUT2D eigenvalue weighted by Gasteiger charge is 2.17. The summed E-state index contributed by atoms with van der Waals surface area (Å²) in [6, 6.07) is 12.6. The molecule has 0 aliphatic rings. The molecule has 4 nitrogen and oxygen atoms in total. The lowest BCUT2D eigenvalue weighted by Crippen LogP contribution is -2.17. The number of rotatable bonds is 6. The maximum absolute atomic E-state index is 14.2. The maximum atomic E-state index is 14.2. The largest absolute Gasteiger partial charge is 0.339 e. The average molecular weight is 444 g/mol. The molecule has 2 heterocycles. The molecule has 0 fully saturated rings. The van der Waals surface area contributed by atoms with Crippen molar-refractivity contribution in [3.8, 4) is 0 Å². The molecule has 152 valence electrons. The molecular formula is C22H16ClF2N3OS. The summed E-state index contributed by atoms with van der Waals surface area (Å²) in [5.41, 5.74) is 2.55. The molecule has 8 heteroatoms. The number of nitrogens with one attached hydrogen (secondary N) is 1. The fraction of sp³-hybridized carbons (Fsp3) is 0.0909. The third kappa shape index (κ3) is 4.75. The fourth-order valence-electron chi connectivity index (χ4n) is 3.11. The second kappa shape index (κ2) is 8.77. The smallest absolute Gasteiger partial charge is 0.274 e. The van der Waals surface area contributed by atoms with E-state index in [4.69, 9.17) is 11.6 Å². The molecule has 2 aromatic heterocycles. The van der Waals surface area contributed by atoms with Crippen LogP contribution in [0.15, 0.2) is 66.3 Å². The number of amides is 1. The van der Waals surface area contributed by atoms with Crippen LogP contribution in [0.3, 0.4) is 0 Å². The molecule has 0 atom stereocenters. The molecule has 0 aliphatic heterocycles. The Morgan fingerprint density at radius 3 is 2.60 bits per heavy atom. The van der Waals surface area contributed by atoms with E-state index in [1.807, 2.05) is 12.1 Å². The van der Waals surface area contributed by atoms with Crippen LogP contribution < -0.4 is 5.32 Å². The van der Waals surface area contributed by atoms with Gasteiger partial charge in [-0.05, 0) is 41.8 Å². The highest BCUT2D eigenvalue weighted by molar-refractivity contribution is 7.13. The van der Waals surface area contributed by atoms with Crippen molar-refractivity contribution in [2.24, 2.45) is 0 Å². The van der Waals surface area contributed by atoms with Crippen molar-refractivity contribution in [1.29, 1.82) is 0 Å². The zero-order valence-corrected chi connectivity index (χ0v) is 17.2. The first-order valence-electron chi connectivity index (χ1n) is 9.06. The van der Waals surface area contributed by atoms with Crippen molar-refractivity contribution >= 4 is 34.0 Å². The standard InChI is InChI=1S/C22H16ClF2N3OS/c23-17-4-1-14(2-5-17)9-15-10-20(21(29)27-22-26-7-8-30-22)28(12-15)13-16-3-6-18(24)11-19(16)25/h1-8,10-12H,9,13H2,(H,26,27,29). The maximum Gasteiger partial charge on any atom is 0.274 e. The van der Waals surface area contributed by atoms with E-state index in [-0.39, 0.29) is 18.0 Å². The molecule has 1 amide bonds. The quantitative estimate of drug-likeness (QED) is 0.411. The molecule has 0 radical (unpaired) electrons. The Morgan fingerprint density at radius 1 is 1.10 bits per heavy atom. The van der Waals surface area contributed by atoms with Gasteiger partial charge >= 0.3 is 0 Å². The summed E-state index contributed by atoms with van der Waals surface area (Å²) in [4.78, 5) is 16.9. The zero-order valence-electron chi connectivity index (χ0n) is 15.6. The molecule has 2 aromatic carbocycles. The monoisotopic (exact) mass is 443 g/mol. The van der Waals surface area contributed by atoms with Gasteiger partial charge in [0.25, 0.3) is 5.91 Å². The number of hydrogen-bond donors (Lipinski definition) is 1. The minimum atomic E-state index is -0.658. The van der Waals surface area contributed by atoms with Crippen molar-refractivity contribution in [3.05, 3.63) is 105 Å². The van der Waals surface area contributed by atoms with Gasteiger partial charge in [-0.15, -0.1) is 11.3 Å². The summed E-state index contributed by atoms with van der Waals surface area (Å²) >= 11 is 7.25. The number of benzene rings is 2. The second-order valence-corrected chi connectivity index (χ2v) is 8.02. The van der Waals surface area contributed by atoms with Crippen LogP contribution in [0.2, 0.25) is 5.02 Å². The van der Waals surface area contributed by atoms with Crippen molar-refractivity contribution in [1.82, 2.24) is 9.55 Å². The second-order valence-electron chi connectivity index (χ2n) is 6.69. The van der Waals surface area contributed by atoms with Gasteiger partial charge in [0.1, 0.15) is 17.3 Å². The van der Waals surface area contributed by atoms with Crippen molar-refractivity contribution < 1.29 is 13.6 Å². The van der Waals surface area contributed by atoms with Crippen LogP contribution in [-0.4, -0.2) is 15.5 Å². The van der Waals surface area contributed by atoms with Crippen LogP contribution in [0, 0.1) is 11.6 Å². The molecule has 0 bridgehead atoms. The lowest BCUT2D eigenvalue weighted by molar-refractivity contribution is 0.101. The van der Waals surface area contributed by atoms with Gasteiger partial charge in [0.2, 0.25) is 0 Å². The summed E-state index contributed by atoms with van der Waals surface area (Å²) in [5, 5.41) is 5.62. The normalized spacial score (nSPS) is 10.9. The van der Waals surface area contributed by atoms with Crippen LogP contribution in [0.4, 0.5) is 13.9 Å². The number of halogens is 3. The third-order valence-corrected chi connectivity index (χ3v) is 5.46. The van der Waals surface area contributed by atoms with Crippen LogP contribution >= 0.6 is 22.9 Å². The molecule has 0 saturated carbocycles. The SMILES string of the molecule is O=C(Nc1nccs1)c1cc(Cc2ccc(Cl)cc2)cn1Cc1ccc(F)cc1F. The molecule has 4 aromatic rings. The number of anilines is 1. The number of nitrogens with zero attached hydrogens (tertiary/aromatic N) is 2. The Balaban J connectivity index is 1.65. The minimum Gasteiger partial charge on any atom is -0.339 e. The predicted octanol–water partition coefficient (Wildman–Crippen LogP) is 5.77. The molecular weight excluding hydrogens is 428 g/mol. The van der Waals surface area contributed by atoms with Gasteiger partial charge in [0, 0.05) is 34.4 Å². The first-order valence-corrected chi connectivity index (χ1v) is 10.3. The van der Waals surface area contributed by atoms with Crippen LogP contribution in [0.25, 0.3) is 0 Å². The van der Waals surface area contributed by atoms with Gasteiger partial charge < -0.3 is 4.57 Å². The van der Waals surface area contributed by atoms with E-state index in [1.54, 1.807) is 40.5 Å². The fourth-order valence-corrected chi connectivity index (χ4v) is 3.76. The van der Waals surface area contributed by atoms with E-state index in [0.717, 1.165) is 17.2 Å². The Hall–Kier alpha value is -3.03. The zero-order chi connectivity index (χ0) is 21.1. The number of thiazole rings is 1. The summed E-state index contributed by atoms with van der Waals surface area (Å²) in [5.74, 6) is -1.65. The lowest BCUT2D eigenvalue weighted by Gasteiger charge is -2.10. The summed E-state index contributed by atoms with van der Waals surface area (Å²) < 4.78 is 29.1. The molecule has 0 spiro atoms. The Bertz CT molecular complexity index is 1170. The van der Waals surface area contributed by atoms with E-state index < -0.39 is 11.6 Å². The van der Waals surface area contributed by atoms with Crippen LogP contribution in [-0.2, 0) is 13.0 Å². The van der Waals surface area contributed by atoms with E-state index in [1.165, 1.54) is 23.5 Å². The molecule has 30 heavy (non-hydrogen) atoms. The van der Waals surface area contributed by atoms with Crippen molar-refractivity contribution in [3.63, 3.8) is 0 Å². The van der Waals surface area contributed by atoms with E-state index in [9.17, 15) is 13.6 Å². The van der Waals surface area contributed by atoms with E-state index in [2.05, 4.69) is 10.3 Å². The Morgan fingerprint density at radius 2 is 1.90 bits per heavy atom. The van der Waals surface area contributed by atoms with Crippen LogP contribution in [0.1, 0.15) is 27.2 Å². The number of carbonyl (C=O) groups is 1. The molecule has 0 unspecified atom stereocenters. The van der Waals surface area contributed by atoms with Gasteiger partial charge in [0.15, 0.2) is 5.13 Å². The van der Waals surface area contributed by atoms with E-state index in [0.29, 0.717) is 22.3 Å². The molecule has 4 rings (SSSR count). The minimum absolute atomic E-state index is 0.0906. The van der Waals surface area contributed by atoms with Crippen LogP contribution in [0.5, 0.6) is 0 Å². The highest BCUT2D eigenvalue weighted by atomic mass is 35.5. The van der Waals surface area contributed by atoms with Gasteiger partial charge in [-0.2, -0.15) is 0 Å². The Kier molecular flexibility index (Phi) is 5.92. The number of aromatic nitrogens is 2. The summed E-state index contributed by atoms with van der Waals surface area (Å²) in [6.45, 7) is 0.0906. The molecule has 0 aliphatic carbocycles. The van der Waals surface area contributed by atoms with Crippen molar-refractivity contribution in [2.45, 2.75) is 13.0 Å². The van der Waals surface area contributed by atoms with Crippen molar-refractivity contribution in [2.75, 3.05) is 5.32 Å². The first-order chi connectivity index (χ1) is 14.5. The molecule has 1 N–H and O–H groups in total. The highest BCUT2D eigenvalue weighted by Crippen LogP contribution is 2.20. The number of carbonyl (C=O) groups excluding carboxylic acids is 1. The predicted molar refractivity (Wildman–Crippen MR) is 114 cm³/mol. The van der Waals surface area contributed by atoms with Gasteiger partial charge in [-0.1, -0.05) is 29.8 Å². The van der Waals surface area contributed by atoms with Gasteiger partial charge in [-0.3, -0.25) is 10.1 Å². The van der Waals surface area contributed by atoms with E-state index >= 15 is 0 Å². The third-order valence-electron chi connectivity index (χ3n) is 4.52. The average Bonchev–Trinajstić information content (AvgIpc) is 3.36. The summed E-state index contributed by atoms with van der Waals surface area (Å²) in [6.07, 6.45) is 3.97. The van der Waals surface area contributed by atoms with Gasteiger partial charge in [-0.25, -0.2) is 13.8 Å². The molecule has 0 saturated heterocycles. The first kappa shape index (κ1) is 20.3.